The molecule has 2 N–H and O–H groups in total. The van der Waals surface area contributed by atoms with Crippen LogP contribution in [-0.4, -0.2) is 31.1 Å². The third kappa shape index (κ3) is 4.11. The van der Waals surface area contributed by atoms with Crippen molar-refractivity contribution in [3.05, 3.63) is 28.8 Å². The van der Waals surface area contributed by atoms with Gasteiger partial charge in [-0.25, -0.2) is 0 Å². The summed E-state index contributed by atoms with van der Waals surface area (Å²) in [6.07, 6.45) is 6.33. The van der Waals surface area contributed by atoms with Crippen LogP contribution in [-0.2, 0) is 6.54 Å². The lowest BCUT2D eigenvalue weighted by atomic mass is 10.1. The Bertz CT molecular complexity index is 419. The van der Waals surface area contributed by atoms with Gasteiger partial charge in [0.2, 0.25) is 0 Å². The molecule has 0 amide bonds. The first kappa shape index (κ1) is 15.6. The number of hydrogen-bond acceptors (Lipinski definition) is 3. The van der Waals surface area contributed by atoms with Crippen molar-refractivity contribution in [2.75, 3.05) is 20.2 Å². The van der Waals surface area contributed by atoms with Gasteiger partial charge in [0.15, 0.2) is 0 Å². The highest BCUT2D eigenvalue weighted by atomic mass is 35.5. The molecule has 0 saturated heterocycles. The topological polar surface area (TPSA) is 38.5 Å². The molecule has 0 bridgehead atoms. The molecule has 0 aliphatic heterocycles. The lowest BCUT2D eigenvalue weighted by Crippen LogP contribution is -2.34. The first-order chi connectivity index (χ1) is 9.74. The molecule has 0 unspecified atom stereocenters. The average molecular weight is 297 g/mol. The van der Waals surface area contributed by atoms with Crippen LogP contribution in [0.15, 0.2) is 18.2 Å². The minimum Gasteiger partial charge on any atom is -0.496 e. The summed E-state index contributed by atoms with van der Waals surface area (Å²) < 4.78 is 5.46. The van der Waals surface area contributed by atoms with Crippen molar-refractivity contribution in [1.29, 1.82) is 0 Å². The van der Waals surface area contributed by atoms with E-state index in [1.165, 1.54) is 31.2 Å². The molecular weight excluding hydrogens is 272 g/mol. The van der Waals surface area contributed by atoms with E-state index in [1.54, 1.807) is 7.11 Å². The van der Waals surface area contributed by atoms with Gasteiger partial charge in [-0.1, -0.05) is 24.4 Å². The summed E-state index contributed by atoms with van der Waals surface area (Å²) in [4.78, 5) is 2.55. The fourth-order valence-corrected chi connectivity index (χ4v) is 3.24. The largest absolute Gasteiger partial charge is 0.496 e. The van der Waals surface area contributed by atoms with Crippen LogP contribution in [0.4, 0.5) is 0 Å². The highest BCUT2D eigenvalue weighted by Gasteiger charge is 2.23. The van der Waals surface area contributed by atoms with Crippen LogP contribution in [0.2, 0.25) is 5.02 Å². The zero-order chi connectivity index (χ0) is 14.4. The predicted octanol–water partition coefficient (Wildman–Crippen LogP) is 3.44. The van der Waals surface area contributed by atoms with Crippen molar-refractivity contribution in [3.63, 3.8) is 0 Å². The number of methoxy groups -OCH3 is 1. The van der Waals surface area contributed by atoms with E-state index in [-0.39, 0.29) is 0 Å². The van der Waals surface area contributed by atoms with E-state index in [0.29, 0.717) is 6.04 Å². The standard InChI is InChI=1S/C16H25ClN2O/c1-20-16-8-7-14(17)11-13(16)12-19(10-4-9-18)15-5-2-3-6-15/h7-8,11,15H,2-6,9-10,12,18H2,1H3. The Morgan fingerprint density at radius 3 is 2.75 bits per heavy atom. The number of halogens is 1. The maximum absolute atomic E-state index is 6.13. The summed E-state index contributed by atoms with van der Waals surface area (Å²) in [5.74, 6) is 0.921. The minimum atomic E-state index is 0.685. The maximum Gasteiger partial charge on any atom is 0.123 e. The number of hydrogen-bond donors (Lipinski definition) is 1. The quantitative estimate of drug-likeness (QED) is 0.837. The van der Waals surface area contributed by atoms with E-state index in [0.717, 1.165) is 36.8 Å². The number of nitrogens with two attached hydrogens (primary N) is 1. The van der Waals surface area contributed by atoms with Crippen LogP contribution in [0.25, 0.3) is 0 Å². The second-order valence-corrected chi connectivity index (χ2v) is 5.94. The zero-order valence-corrected chi connectivity index (χ0v) is 13.0. The molecule has 1 fully saturated rings. The van der Waals surface area contributed by atoms with Gasteiger partial charge in [-0.05, 0) is 50.6 Å². The first-order valence-corrected chi connectivity index (χ1v) is 7.89. The maximum atomic E-state index is 6.13. The van der Waals surface area contributed by atoms with Crippen molar-refractivity contribution in [3.8, 4) is 5.75 Å². The molecule has 20 heavy (non-hydrogen) atoms. The summed E-state index contributed by atoms with van der Waals surface area (Å²) in [6, 6.07) is 6.53. The third-order valence-corrected chi connectivity index (χ3v) is 4.34. The van der Waals surface area contributed by atoms with Gasteiger partial charge in [0.25, 0.3) is 0 Å². The van der Waals surface area contributed by atoms with E-state index in [9.17, 15) is 0 Å². The smallest absolute Gasteiger partial charge is 0.123 e. The molecule has 4 heteroatoms. The molecule has 0 radical (unpaired) electrons. The molecule has 0 heterocycles. The Morgan fingerprint density at radius 1 is 1.35 bits per heavy atom. The van der Waals surface area contributed by atoms with Crippen LogP contribution in [0.5, 0.6) is 5.75 Å². The Morgan fingerprint density at radius 2 is 2.10 bits per heavy atom. The molecule has 1 aliphatic carbocycles. The fraction of sp³-hybridized carbons (Fsp3) is 0.625. The van der Waals surface area contributed by atoms with Crippen molar-refractivity contribution >= 4 is 11.6 Å². The second kappa shape index (κ2) is 7.87. The second-order valence-electron chi connectivity index (χ2n) is 5.51. The monoisotopic (exact) mass is 296 g/mol. The summed E-state index contributed by atoms with van der Waals surface area (Å²) in [5.41, 5.74) is 6.85. The van der Waals surface area contributed by atoms with Gasteiger partial charge in [0.05, 0.1) is 7.11 Å². The van der Waals surface area contributed by atoms with Crippen LogP contribution in [0, 0.1) is 0 Å². The van der Waals surface area contributed by atoms with Crippen molar-refractivity contribution in [2.24, 2.45) is 5.73 Å². The van der Waals surface area contributed by atoms with Gasteiger partial charge in [-0.3, -0.25) is 4.90 Å². The molecule has 112 valence electrons. The number of benzene rings is 1. The molecule has 1 aliphatic rings. The van der Waals surface area contributed by atoms with Crippen molar-refractivity contribution in [2.45, 2.75) is 44.7 Å². The van der Waals surface area contributed by atoms with E-state index < -0.39 is 0 Å². The van der Waals surface area contributed by atoms with Crippen molar-refractivity contribution in [1.82, 2.24) is 4.90 Å². The molecule has 0 atom stereocenters. The summed E-state index contributed by atoms with van der Waals surface area (Å²) in [5, 5.41) is 0.769. The Hall–Kier alpha value is -0.770. The number of nitrogens with zero attached hydrogens (tertiary/aromatic N) is 1. The van der Waals surface area contributed by atoms with Gasteiger partial charge in [0.1, 0.15) is 5.75 Å². The molecule has 1 aromatic carbocycles. The average Bonchev–Trinajstić information content (AvgIpc) is 2.97. The fourth-order valence-electron chi connectivity index (χ4n) is 3.04. The van der Waals surface area contributed by atoms with Crippen LogP contribution < -0.4 is 10.5 Å². The highest BCUT2D eigenvalue weighted by Crippen LogP contribution is 2.29. The van der Waals surface area contributed by atoms with Gasteiger partial charge in [-0.15, -0.1) is 0 Å². The lowest BCUT2D eigenvalue weighted by molar-refractivity contribution is 0.186. The Balaban J connectivity index is 2.11. The Kier molecular flexibility index (Phi) is 6.14. The van der Waals surface area contributed by atoms with Crippen LogP contribution in [0.1, 0.15) is 37.7 Å². The molecule has 1 saturated carbocycles. The van der Waals surface area contributed by atoms with E-state index in [2.05, 4.69) is 4.90 Å². The molecule has 2 rings (SSSR count). The number of ether oxygens (including phenoxy) is 1. The molecule has 0 spiro atoms. The Labute approximate surface area is 127 Å². The van der Waals surface area contributed by atoms with Gasteiger partial charge in [0, 0.05) is 23.2 Å². The highest BCUT2D eigenvalue weighted by molar-refractivity contribution is 6.30. The molecule has 3 nitrogen and oxygen atoms in total. The first-order valence-electron chi connectivity index (χ1n) is 7.51. The van der Waals surface area contributed by atoms with E-state index in [1.807, 2.05) is 18.2 Å². The minimum absolute atomic E-state index is 0.685. The number of rotatable bonds is 7. The van der Waals surface area contributed by atoms with Crippen molar-refractivity contribution < 1.29 is 4.74 Å². The van der Waals surface area contributed by atoms with Gasteiger partial charge < -0.3 is 10.5 Å². The molecule has 1 aromatic rings. The lowest BCUT2D eigenvalue weighted by Gasteiger charge is -2.29. The SMILES string of the molecule is COc1ccc(Cl)cc1CN(CCCN)C1CCCC1. The van der Waals surface area contributed by atoms with Gasteiger partial charge in [-0.2, -0.15) is 0 Å². The van der Waals surface area contributed by atoms with Crippen LogP contribution in [0.3, 0.4) is 0 Å². The molecule has 0 aromatic heterocycles. The normalized spacial score (nSPS) is 16.0. The van der Waals surface area contributed by atoms with Gasteiger partial charge >= 0.3 is 0 Å². The summed E-state index contributed by atoms with van der Waals surface area (Å²) in [7, 11) is 1.71. The predicted molar refractivity (Wildman–Crippen MR) is 84.3 cm³/mol. The summed E-state index contributed by atoms with van der Waals surface area (Å²) in [6.45, 7) is 2.70. The third-order valence-electron chi connectivity index (χ3n) is 4.11. The summed E-state index contributed by atoms with van der Waals surface area (Å²) >= 11 is 6.13. The van der Waals surface area contributed by atoms with Crippen LogP contribution >= 0.6 is 11.6 Å². The van der Waals surface area contributed by atoms with E-state index >= 15 is 0 Å². The molecular formula is C16H25ClN2O. The zero-order valence-electron chi connectivity index (χ0n) is 12.3. The van der Waals surface area contributed by atoms with E-state index in [4.69, 9.17) is 22.1 Å².